The van der Waals surface area contributed by atoms with Crippen LogP contribution in [0.2, 0.25) is 0 Å². The van der Waals surface area contributed by atoms with Gasteiger partial charge >= 0.3 is 0 Å². The number of rotatable bonds is 2. The van der Waals surface area contributed by atoms with Gasteiger partial charge in [0.1, 0.15) is 12.0 Å². The largest absolute Gasteiger partial charge is 0.334 e. The first-order valence-electron chi connectivity index (χ1n) is 5.17. The van der Waals surface area contributed by atoms with Gasteiger partial charge in [0, 0.05) is 29.4 Å². The lowest BCUT2D eigenvalue weighted by Crippen LogP contribution is -2.32. The molecule has 2 atom stereocenters. The van der Waals surface area contributed by atoms with Gasteiger partial charge in [-0.15, -0.1) is 0 Å². The van der Waals surface area contributed by atoms with E-state index in [0.29, 0.717) is 0 Å². The van der Waals surface area contributed by atoms with Crippen molar-refractivity contribution in [3.05, 3.63) is 35.6 Å². The standard InChI is InChI=1S/C11H11F2IN2O/c12-8-4-2-1-3-7(8)11(17)16-5-9(13)10(6-16)15-14/h1-4,9-10,15H,5-6H2/t9-,10?/m0/s1. The highest BCUT2D eigenvalue weighted by Gasteiger charge is 2.35. The van der Waals surface area contributed by atoms with Crippen LogP contribution >= 0.6 is 22.9 Å². The van der Waals surface area contributed by atoms with Gasteiger partial charge in [0.15, 0.2) is 0 Å². The molecule has 0 saturated carbocycles. The van der Waals surface area contributed by atoms with E-state index in [2.05, 4.69) is 3.53 Å². The Balaban J connectivity index is 2.15. The molecule has 1 aliphatic rings. The number of halogens is 3. The molecule has 0 aromatic heterocycles. The van der Waals surface area contributed by atoms with Crippen LogP contribution in [-0.2, 0) is 0 Å². The van der Waals surface area contributed by atoms with Crippen molar-refractivity contribution >= 4 is 28.8 Å². The molecule has 1 N–H and O–H groups in total. The predicted octanol–water partition coefficient (Wildman–Crippen LogP) is 1.93. The molecule has 0 aliphatic carbocycles. The summed E-state index contributed by atoms with van der Waals surface area (Å²) in [6, 6.07) is 5.36. The highest BCUT2D eigenvalue weighted by atomic mass is 127. The minimum absolute atomic E-state index is 0.00573. The molecule has 17 heavy (non-hydrogen) atoms. The Morgan fingerprint density at radius 1 is 1.41 bits per heavy atom. The second kappa shape index (κ2) is 5.26. The fraction of sp³-hybridized carbons (Fsp3) is 0.364. The summed E-state index contributed by atoms with van der Waals surface area (Å²) in [5.74, 6) is -1.03. The molecular formula is C11H11F2IN2O. The molecule has 92 valence electrons. The van der Waals surface area contributed by atoms with E-state index in [1.807, 2.05) is 22.9 Å². The van der Waals surface area contributed by atoms with Gasteiger partial charge in [-0.2, -0.15) is 0 Å². The van der Waals surface area contributed by atoms with Crippen LogP contribution in [0.3, 0.4) is 0 Å². The zero-order valence-corrected chi connectivity index (χ0v) is 11.0. The van der Waals surface area contributed by atoms with Crippen molar-refractivity contribution < 1.29 is 13.6 Å². The van der Waals surface area contributed by atoms with Crippen molar-refractivity contribution in [1.29, 1.82) is 0 Å². The number of carbonyl (C=O) groups is 1. The van der Waals surface area contributed by atoms with Crippen LogP contribution in [0.25, 0.3) is 0 Å². The minimum atomic E-state index is -1.11. The maximum atomic E-state index is 13.5. The molecule has 0 bridgehead atoms. The Kier molecular flexibility index (Phi) is 3.93. The van der Waals surface area contributed by atoms with E-state index in [0.717, 1.165) is 0 Å². The first-order chi connectivity index (χ1) is 8.13. The van der Waals surface area contributed by atoms with Gasteiger partial charge in [0.25, 0.3) is 5.91 Å². The number of amides is 1. The molecule has 1 aromatic carbocycles. The molecule has 1 fully saturated rings. The predicted molar refractivity (Wildman–Crippen MR) is 68.1 cm³/mol. The second-order valence-electron chi connectivity index (χ2n) is 3.92. The zero-order chi connectivity index (χ0) is 12.4. The number of hydrogen-bond acceptors (Lipinski definition) is 2. The first-order valence-corrected chi connectivity index (χ1v) is 6.25. The summed E-state index contributed by atoms with van der Waals surface area (Å²) in [6.45, 7) is 0.269. The summed E-state index contributed by atoms with van der Waals surface area (Å²) in [4.78, 5) is 13.3. The summed E-state index contributed by atoms with van der Waals surface area (Å²) < 4.78 is 29.6. The van der Waals surface area contributed by atoms with Crippen LogP contribution in [0.5, 0.6) is 0 Å². The van der Waals surface area contributed by atoms with Crippen molar-refractivity contribution in [3.8, 4) is 0 Å². The summed E-state index contributed by atoms with van der Waals surface area (Å²) in [6.07, 6.45) is -1.11. The number of alkyl halides is 1. The molecule has 0 radical (unpaired) electrons. The van der Waals surface area contributed by atoms with E-state index in [4.69, 9.17) is 0 Å². The van der Waals surface area contributed by atoms with Crippen molar-refractivity contribution in [3.63, 3.8) is 0 Å². The molecule has 1 saturated heterocycles. The van der Waals surface area contributed by atoms with Gasteiger partial charge in [-0.05, 0) is 12.1 Å². The number of nitrogens with zero attached hydrogens (tertiary/aromatic N) is 1. The molecule has 1 unspecified atom stereocenters. The van der Waals surface area contributed by atoms with Gasteiger partial charge in [-0.25, -0.2) is 8.78 Å². The molecule has 3 nitrogen and oxygen atoms in total. The monoisotopic (exact) mass is 352 g/mol. The molecule has 1 aliphatic heterocycles. The molecule has 0 spiro atoms. The first kappa shape index (κ1) is 12.7. The fourth-order valence-corrected chi connectivity index (χ4v) is 2.42. The lowest BCUT2D eigenvalue weighted by atomic mass is 10.2. The van der Waals surface area contributed by atoms with Crippen molar-refractivity contribution in [1.82, 2.24) is 8.43 Å². The van der Waals surface area contributed by atoms with E-state index in [1.54, 1.807) is 6.07 Å². The Morgan fingerprint density at radius 2 is 2.12 bits per heavy atom. The normalized spacial score (nSPS) is 24.1. The van der Waals surface area contributed by atoms with Crippen LogP contribution in [0.4, 0.5) is 8.78 Å². The third-order valence-corrected chi connectivity index (χ3v) is 3.58. The van der Waals surface area contributed by atoms with Crippen molar-refractivity contribution in [2.24, 2.45) is 0 Å². The molecule has 1 amide bonds. The molecule has 1 heterocycles. The Labute approximate surface area is 112 Å². The summed E-state index contributed by atoms with van der Waals surface area (Å²) in [5, 5.41) is 0. The molecule has 1 aromatic rings. The fourth-order valence-electron chi connectivity index (χ4n) is 1.84. The van der Waals surface area contributed by atoms with Crippen LogP contribution < -0.4 is 3.53 Å². The van der Waals surface area contributed by atoms with Crippen LogP contribution in [0.15, 0.2) is 24.3 Å². The maximum absolute atomic E-state index is 13.5. The SMILES string of the molecule is O=C(c1ccccc1F)N1CC(NI)[C@@H](F)C1. The average molecular weight is 352 g/mol. The highest BCUT2D eigenvalue weighted by Crippen LogP contribution is 2.18. The number of hydrogen-bond donors (Lipinski definition) is 1. The Hall–Kier alpha value is -0.760. The van der Waals surface area contributed by atoms with Crippen LogP contribution in [-0.4, -0.2) is 36.1 Å². The molecule has 6 heteroatoms. The lowest BCUT2D eigenvalue weighted by Gasteiger charge is -2.15. The summed E-state index contributed by atoms with van der Waals surface area (Å²) in [5.41, 5.74) is -0.00573. The van der Waals surface area contributed by atoms with E-state index in [-0.39, 0.29) is 24.7 Å². The summed E-state index contributed by atoms with van der Waals surface area (Å²) in [7, 11) is 0. The maximum Gasteiger partial charge on any atom is 0.256 e. The average Bonchev–Trinajstić information content (AvgIpc) is 2.70. The van der Waals surface area contributed by atoms with Gasteiger partial charge in [0.2, 0.25) is 0 Å². The third kappa shape index (κ3) is 2.57. The number of carbonyl (C=O) groups excluding carboxylic acids is 1. The second-order valence-corrected chi connectivity index (χ2v) is 4.54. The zero-order valence-electron chi connectivity index (χ0n) is 8.87. The quantitative estimate of drug-likeness (QED) is 0.652. The van der Waals surface area contributed by atoms with Crippen molar-refractivity contribution in [2.75, 3.05) is 13.1 Å². The minimum Gasteiger partial charge on any atom is -0.334 e. The molecule has 2 rings (SSSR count). The summed E-state index contributed by atoms with van der Waals surface area (Å²) >= 11 is 1.86. The Bertz CT molecular complexity index is 430. The number of benzene rings is 1. The van der Waals surface area contributed by atoms with Gasteiger partial charge in [-0.3, -0.25) is 8.32 Å². The van der Waals surface area contributed by atoms with Gasteiger partial charge < -0.3 is 4.90 Å². The van der Waals surface area contributed by atoms with E-state index in [1.165, 1.54) is 23.1 Å². The third-order valence-electron chi connectivity index (χ3n) is 2.78. The van der Waals surface area contributed by atoms with Crippen LogP contribution in [0, 0.1) is 5.82 Å². The van der Waals surface area contributed by atoms with Crippen LogP contribution in [0.1, 0.15) is 10.4 Å². The topological polar surface area (TPSA) is 32.3 Å². The number of likely N-dealkylation sites (tertiary alicyclic amines) is 1. The van der Waals surface area contributed by atoms with Gasteiger partial charge in [-0.1, -0.05) is 12.1 Å². The highest BCUT2D eigenvalue weighted by molar-refractivity contribution is 14.1. The Morgan fingerprint density at radius 3 is 2.71 bits per heavy atom. The van der Waals surface area contributed by atoms with Gasteiger partial charge in [0.05, 0.1) is 18.2 Å². The molecular weight excluding hydrogens is 341 g/mol. The number of nitrogens with one attached hydrogen (secondary N) is 1. The van der Waals surface area contributed by atoms with E-state index >= 15 is 0 Å². The van der Waals surface area contributed by atoms with E-state index in [9.17, 15) is 13.6 Å². The smallest absolute Gasteiger partial charge is 0.256 e. The lowest BCUT2D eigenvalue weighted by molar-refractivity contribution is 0.0777. The van der Waals surface area contributed by atoms with Crippen molar-refractivity contribution in [2.45, 2.75) is 12.2 Å². The van der Waals surface area contributed by atoms with E-state index < -0.39 is 17.9 Å².